The van der Waals surface area contributed by atoms with E-state index in [9.17, 15) is 5.26 Å². The van der Waals surface area contributed by atoms with E-state index in [0.29, 0.717) is 11.4 Å². The molecule has 0 aliphatic rings. The monoisotopic (exact) mass is 359 g/mol. The quantitative estimate of drug-likeness (QED) is 0.389. The molecule has 1 aromatic heterocycles. The van der Waals surface area contributed by atoms with Crippen LogP contribution in [-0.2, 0) is 7.05 Å². The van der Waals surface area contributed by atoms with Crippen molar-refractivity contribution >= 4 is 22.7 Å². The first-order chi connectivity index (χ1) is 13.2. The number of aromatic nitrogens is 2. The Kier molecular flexibility index (Phi) is 6.27. The van der Waals surface area contributed by atoms with Crippen LogP contribution >= 0.6 is 0 Å². The van der Waals surface area contributed by atoms with Crippen LogP contribution in [0.25, 0.3) is 22.7 Å². The van der Waals surface area contributed by atoms with Crippen molar-refractivity contribution in [1.82, 2.24) is 9.55 Å². The number of unbranched alkanes of at least 4 members (excludes halogenated alkanes) is 3. The molecule has 1 heterocycles. The summed E-state index contributed by atoms with van der Waals surface area (Å²) in [5.74, 6) is 1.54. The van der Waals surface area contributed by atoms with E-state index in [1.807, 2.05) is 66.2 Å². The number of aryl methyl sites for hydroxylation is 1. The van der Waals surface area contributed by atoms with Gasteiger partial charge >= 0.3 is 0 Å². The molecule has 0 aliphatic heterocycles. The molecule has 0 atom stereocenters. The maximum atomic E-state index is 9.64. The van der Waals surface area contributed by atoms with Crippen molar-refractivity contribution in [2.45, 2.75) is 32.6 Å². The zero-order chi connectivity index (χ0) is 19.1. The Morgan fingerprint density at radius 1 is 1.11 bits per heavy atom. The van der Waals surface area contributed by atoms with Gasteiger partial charge < -0.3 is 9.30 Å². The van der Waals surface area contributed by atoms with E-state index in [4.69, 9.17) is 4.74 Å². The van der Waals surface area contributed by atoms with Gasteiger partial charge in [-0.1, -0.05) is 50.5 Å². The molecule has 0 saturated carbocycles. The van der Waals surface area contributed by atoms with Gasteiger partial charge in [0.05, 0.1) is 23.2 Å². The highest BCUT2D eigenvalue weighted by atomic mass is 16.5. The summed E-state index contributed by atoms with van der Waals surface area (Å²) in [7, 11) is 1.94. The van der Waals surface area contributed by atoms with Gasteiger partial charge in [0, 0.05) is 7.05 Å². The summed E-state index contributed by atoms with van der Waals surface area (Å²) in [6, 6.07) is 18.0. The van der Waals surface area contributed by atoms with Crippen LogP contribution in [0.5, 0.6) is 5.75 Å². The van der Waals surface area contributed by atoms with Gasteiger partial charge in [-0.3, -0.25) is 0 Å². The van der Waals surface area contributed by atoms with Crippen LogP contribution in [0.4, 0.5) is 0 Å². The molecule has 0 amide bonds. The Morgan fingerprint density at radius 2 is 1.89 bits per heavy atom. The SMILES string of the molecule is CCCCCCOc1ccc(/C=C(/C#N)c2nc3ccccc3n2C)cc1. The van der Waals surface area contributed by atoms with Gasteiger partial charge in [0.15, 0.2) is 5.82 Å². The minimum Gasteiger partial charge on any atom is -0.494 e. The number of ether oxygens (including phenoxy) is 1. The number of rotatable bonds is 8. The number of nitriles is 1. The second-order valence-electron chi connectivity index (χ2n) is 6.63. The fourth-order valence-corrected chi connectivity index (χ4v) is 3.08. The van der Waals surface area contributed by atoms with Crippen molar-refractivity contribution in [2.24, 2.45) is 7.05 Å². The number of nitrogens with zero attached hydrogens (tertiary/aromatic N) is 3. The predicted molar refractivity (Wildman–Crippen MR) is 110 cm³/mol. The summed E-state index contributed by atoms with van der Waals surface area (Å²) in [6.45, 7) is 2.95. The van der Waals surface area contributed by atoms with Gasteiger partial charge in [-0.2, -0.15) is 5.26 Å². The molecule has 0 N–H and O–H groups in total. The van der Waals surface area contributed by atoms with E-state index in [2.05, 4.69) is 18.0 Å². The lowest BCUT2D eigenvalue weighted by Crippen LogP contribution is -1.97. The zero-order valence-electron chi connectivity index (χ0n) is 16.0. The average Bonchev–Trinajstić information content (AvgIpc) is 3.04. The summed E-state index contributed by atoms with van der Waals surface area (Å²) < 4.78 is 7.74. The third-order valence-electron chi connectivity index (χ3n) is 4.61. The van der Waals surface area contributed by atoms with Crippen LogP contribution in [0.2, 0.25) is 0 Å². The second kappa shape index (κ2) is 9.05. The van der Waals surface area contributed by atoms with Crippen LogP contribution < -0.4 is 4.74 Å². The Bertz CT molecular complexity index is 961. The molecule has 4 heteroatoms. The highest BCUT2D eigenvalue weighted by molar-refractivity contribution is 5.90. The molecule has 0 spiro atoms. The van der Waals surface area contributed by atoms with Crippen LogP contribution in [0.15, 0.2) is 48.5 Å². The lowest BCUT2D eigenvalue weighted by molar-refractivity contribution is 0.305. The first-order valence-corrected chi connectivity index (χ1v) is 9.49. The zero-order valence-corrected chi connectivity index (χ0v) is 16.0. The summed E-state index contributed by atoms with van der Waals surface area (Å²) >= 11 is 0. The highest BCUT2D eigenvalue weighted by Gasteiger charge is 2.11. The minimum absolute atomic E-state index is 0.543. The van der Waals surface area contributed by atoms with E-state index in [0.717, 1.165) is 35.4 Å². The number of fused-ring (bicyclic) bond motifs is 1. The molecule has 0 fully saturated rings. The van der Waals surface area contributed by atoms with E-state index >= 15 is 0 Å². The van der Waals surface area contributed by atoms with Crippen molar-refractivity contribution in [2.75, 3.05) is 6.61 Å². The largest absolute Gasteiger partial charge is 0.494 e. The number of hydrogen-bond acceptors (Lipinski definition) is 3. The summed E-state index contributed by atoms with van der Waals surface area (Å²) in [4.78, 5) is 4.61. The van der Waals surface area contributed by atoms with Crippen LogP contribution in [0.3, 0.4) is 0 Å². The first kappa shape index (κ1) is 18.7. The molecule has 0 unspecified atom stereocenters. The molecule has 4 nitrogen and oxygen atoms in total. The number of benzene rings is 2. The van der Waals surface area contributed by atoms with Crippen molar-refractivity contribution in [1.29, 1.82) is 5.26 Å². The van der Waals surface area contributed by atoms with E-state index < -0.39 is 0 Å². The Hall–Kier alpha value is -3.06. The lowest BCUT2D eigenvalue weighted by atomic mass is 10.1. The number of allylic oxidation sites excluding steroid dienone is 1. The standard InChI is InChI=1S/C23H25N3O/c1-3-4-5-8-15-27-20-13-11-18(12-14-20)16-19(17-24)23-25-21-9-6-7-10-22(21)26(23)2/h6-7,9-14,16H,3-5,8,15H2,1-2H3/b19-16-. The summed E-state index contributed by atoms with van der Waals surface area (Å²) in [5, 5.41) is 9.64. The molecular weight excluding hydrogens is 334 g/mol. The lowest BCUT2D eigenvalue weighted by Gasteiger charge is -2.06. The highest BCUT2D eigenvalue weighted by Crippen LogP contribution is 2.23. The fraction of sp³-hybridized carbons (Fsp3) is 0.304. The average molecular weight is 359 g/mol. The molecule has 2 aromatic carbocycles. The molecule has 0 aliphatic carbocycles. The predicted octanol–water partition coefficient (Wildman–Crippen LogP) is 5.60. The van der Waals surface area contributed by atoms with E-state index in [1.165, 1.54) is 19.3 Å². The van der Waals surface area contributed by atoms with Gasteiger partial charge in [0.2, 0.25) is 0 Å². The van der Waals surface area contributed by atoms with Crippen LogP contribution in [0, 0.1) is 11.3 Å². The molecule has 0 bridgehead atoms. The van der Waals surface area contributed by atoms with E-state index in [-0.39, 0.29) is 0 Å². The Morgan fingerprint density at radius 3 is 2.59 bits per heavy atom. The van der Waals surface area contributed by atoms with Gasteiger partial charge in [0.25, 0.3) is 0 Å². The molecule has 3 rings (SSSR count). The fourth-order valence-electron chi connectivity index (χ4n) is 3.08. The van der Waals surface area contributed by atoms with Crippen molar-refractivity contribution in [3.8, 4) is 11.8 Å². The molecule has 138 valence electrons. The van der Waals surface area contributed by atoms with Crippen LogP contribution in [0.1, 0.15) is 44.0 Å². The molecular formula is C23H25N3O. The Balaban J connectivity index is 1.74. The van der Waals surface area contributed by atoms with Gasteiger partial charge in [-0.25, -0.2) is 4.98 Å². The summed E-state index contributed by atoms with van der Waals surface area (Å²) in [5.41, 5.74) is 3.40. The third kappa shape index (κ3) is 4.57. The summed E-state index contributed by atoms with van der Waals surface area (Å²) in [6.07, 6.45) is 6.65. The normalized spacial score (nSPS) is 11.5. The minimum atomic E-state index is 0.543. The number of hydrogen-bond donors (Lipinski definition) is 0. The number of para-hydroxylation sites is 2. The first-order valence-electron chi connectivity index (χ1n) is 9.49. The molecule has 3 aromatic rings. The maximum Gasteiger partial charge on any atom is 0.151 e. The van der Waals surface area contributed by atoms with Crippen molar-refractivity contribution in [3.63, 3.8) is 0 Å². The van der Waals surface area contributed by atoms with Gasteiger partial charge in [-0.05, 0) is 42.3 Å². The molecule has 0 saturated heterocycles. The van der Waals surface area contributed by atoms with Gasteiger partial charge in [-0.15, -0.1) is 0 Å². The van der Waals surface area contributed by atoms with Gasteiger partial charge in [0.1, 0.15) is 11.8 Å². The maximum absolute atomic E-state index is 9.64. The smallest absolute Gasteiger partial charge is 0.151 e. The topological polar surface area (TPSA) is 50.8 Å². The van der Waals surface area contributed by atoms with Crippen LogP contribution in [-0.4, -0.2) is 16.2 Å². The van der Waals surface area contributed by atoms with E-state index in [1.54, 1.807) is 0 Å². The second-order valence-corrected chi connectivity index (χ2v) is 6.63. The third-order valence-corrected chi connectivity index (χ3v) is 4.61. The van der Waals surface area contributed by atoms with Crippen molar-refractivity contribution < 1.29 is 4.74 Å². The number of imidazole rings is 1. The van der Waals surface area contributed by atoms with Crippen molar-refractivity contribution in [3.05, 3.63) is 59.9 Å². The molecule has 27 heavy (non-hydrogen) atoms. The molecule has 0 radical (unpaired) electrons. The Labute approximate surface area is 160 Å².